The van der Waals surface area contributed by atoms with Gasteiger partial charge in [-0.25, -0.2) is 4.39 Å². The summed E-state index contributed by atoms with van der Waals surface area (Å²) in [5, 5.41) is 2.89. The van der Waals surface area contributed by atoms with Gasteiger partial charge in [0.2, 0.25) is 0 Å². The zero-order chi connectivity index (χ0) is 15.4. The lowest BCUT2D eigenvalue weighted by molar-refractivity contribution is 0.0947. The van der Waals surface area contributed by atoms with Crippen LogP contribution in [0.2, 0.25) is 0 Å². The topological polar surface area (TPSA) is 32.3 Å². The molecule has 3 nitrogen and oxygen atoms in total. The second kappa shape index (κ2) is 6.71. The van der Waals surface area contributed by atoms with Crippen LogP contribution in [0.15, 0.2) is 48.5 Å². The van der Waals surface area contributed by atoms with Crippen molar-refractivity contribution in [2.24, 2.45) is 0 Å². The highest BCUT2D eigenvalue weighted by atomic mass is 19.1. The smallest absolute Gasteiger partial charge is 0.251 e. The number of rotatable bonds is 4. The molecule has 0 radical (unpaired) electrons. The first-order chi connectivity index (χ1) is 10.7. The number of benzene rings is 2. The minimum absolute atomic E-state index is 0.155. The molecule has 114 valence electrons. The first-order valence-electron chi connectivity index (χ1n) is 7.55. The minimum atomic E-state index is -0.330. The third-order valence-electron chi connectivity index (χ3n) is 4.03. The van der Waals surface area contributed by atoms with E-state index in [1.54, 1.807) is 0 Å². The van der Waals surface area contributed by atoms with Gasteiger partial charge in [0.15, 0.2) is 0 Å². The van der Waals surface area contributed by atoms with E-state index < -0.39 is 0 Å². The van der Waals surface area contributed by atoms with E-state index in [4.69, 9.17) is 0 Å². The zero-order valence-corrected chi connectivity index (χ0v) is 12.4. The Bertz CT molecular complexity index is 654. The summed E-state index contributed by atoms with van der Waals surface area (Å²) in [7, 11) is 0. The van der Waals surface area contributed by atoms with E-state index >= 15 is 0 Å². The fourth-order valence-electron chi connectivity index (χ4n) is 2.78. The summed E-state index contributed by atoms with van der Waals surface area (Å²) in [6, 6.07) is 14.1. The molecule has 0 atom stereocenters. The van der Waals surface area contributed by atoms with E-state index in [0.717, 1.165) is 26.1 Å². The first-order valence-corrected chi connectivity index (χ1v) is 7.55. The molecule has 0 fully saturated rings. The van der Waals surface area contributed by atoms with Crippen LogP contribution < -0.4 is 5.32 Å². The second-order valence-corrected chi connectivity index (χ2v) is 5.56. The van der Waals surface area contributed by atoms with Crippen molar-refractivity contribution in [1.82, 2.24) is 10.2 Å². The average Bonchev–Trinajstić information content (AvgIpc) is 2.55. The maximum absolute atomic E-state index is 12.8. The molecule has 1 heterocycles. The highest BCUT2D eigenvalue weighted by molar-refractivity contribution is 5.94. The number of carbonyl (C=O) groups is 1. The van der Waals surface area contributed by atoms with Crippen molar-refractivity contribution in [2.75, 3.05) is 19.6 Å². The van der Waals surface area contributed by atoms with Gasteiger partial charge in [-0.15, -0.1) is 0 Å². The third-order valence-corrected chi connectivity index (χ3v) is 4.03. The molecule has 1 N–H and O–H groups in total. The normalized spacial score (nSPS) is 14.4. The Labute approximate surface area is 129 Å². The fraction of sp³-hybridized carbons (Fsp3) is 0.278. The van der Waals surface area contributed by atoms with Gasteiger partial charge in [-0.05, 0) is 41.8 Å². The number of hydrogen-bond donors (Lipinski definition) is 1. The number of nitrogens with one attached hydrogen (secondary N) is 1. The molecule has 0 aromatic heterocycles. The maximum Gasteiger partial charge on any atom is 0.251 e. The Morgan fingerprint density at radius 1 is 1.09 bits per heavy atom. The first kappa shape index (κ1) is 14.7. The predicted octanol–water partition coefficient (Wildman–Crippen LogP) is 2.61. The van der Waals surface area contributed by atoms with Crippen LogP contribution in [-0.2, 0) is 13.0 Å². The molecule has 1 aliphatic rings. The third kappa shape index (κ3) is 3.52. The molecule has 3 rings (SSSR count). The van der Waals surface area contributed by atoms with Crippen LogP contribution >= 0.6 is 0 Å². The van der Waals surface area contributed by atoms with E-state index in [-0.39, 0.29) is 11.7 Å². The summed E-state index contributed by atoms with van der Waals surface area (Å²) in [5.41, 5.74) is 3.29. The Kier molecular flexibility index (Phi) is 4.49. The van der Waals surface area contributed by atoms with Gasteiger partial charge >= 0.3 is 0 Å². The summed E-state index contributed by atoms with van der Waals surface area (Å²) < 4.78 is 12.8. The SMILES string of the molecule is O=C(NCCN1CCc2ccccc2C1)c1ccc(F)cc1. The van der Waals surface area contributed by atoms with Crippen LogP contribution in [0.1, 0.15) is 21.5 Å². The van der Waals surface area contributed by atoms with Crippen LogP contribution in [0.25, 0.3) is 0 Å². The quantitative estimate of drug-likeness (QED) is 0.941. The zero-order valence-electron chi connectivity index (χ0n) is 12.4. The number of amides is 1. The van der Waals surface area contributed by atoms with Crippen LogP contribution in [0.3, 0.4) is 0 Å². The van der Waals surface area contributed by atoms with Crippen LogP contribution in [-0.4, -0.2) is 30.4 Å². The number of carbonyl (C=O) groups excluding carboxylic acids is 1. The van der Waals surface area contributed by atoms with Crippen molar-refractivity contribution < 1.29 is 9.18 Å². The summed E-state index contributed by atoms with van der Waals surface area (Å²) >= 11 is 0. The van der Waals surface area contributed by atoms with Gasteiger partial charge in [-0.1, -0.05) is 24.3 Å². The Morgan fingerprint density at radius 2 is 1.82 bits per heavy atom. The largest absolute Gasteiger partial charge is 0.351 e. The second-order valence-electron chi connectivity index (χ2n) is 5.56. The molecule has 0 unspecified atom stereocenters. The lowest BCUT2D eigenvalue weighted by Gasteiger charge is -2.28. The minimum Gasteiger partial charge on any atom is -0.351 e. The average molecular weight is 298 g/mol. The van der Waals surface area contributed by atoms with Crippen LogP contribution in [0, 0.1) is 5.82 Å². The summed E-state index contributed by atoms with van der Waals surface area (Å²) in [6.45, 7) is 3.37. The molecule has 2 aromatic carbocycles. The molecular weight excluding hydrogens is 279 g/mol. The molecule has 0 spiro atoms. The van der Waals surface area contributed by atoms with Gasteiger partial charge in [0, 0.05) is 31.7 Å². The highest BCUT2D eigenvalue weighted by Gasteiger charge is 2.15. The van der Waals surface area contributed by atoms with Crippen molar-refractivity contribution in [3.8, 4) is 0 Å². The van der Waals surface area contributed by atoms with E-state index in [0.29, 0.717) is 12.1 Å². The van der Waals surface area contributed by atoms with E-state index in [1.807, 2.05) is 0 Å². The Morgan fingerprint density at radius 3 is 2.59 bits per heavy atom. The summed E-state index contributed by atoms with van der Waals surface area (Å²) in [5.74, 6) is -0.485. The molecule has 0 bridgehead atoms. The summed E-state index contributed by atoms with van der Waals surface area (Å²) in [4.78, 5) is 14.3. The molecule has 1 amide bonds. The number of nitrogens with zero attached hydrogens (tertiary/aromatic N) is 1. The molecule has 0 aliphatic carbocycles. The van der Waals surface area contributed by atoms with Crippen molar-refractivity contribution in [3.05, 3.63) is 71.0 Å². The molecule has 4 heteroatoms. The fourth-order valence-corrected chi connectivity index (χ4v) is 2.78. The summed E-state index contributed by atoms with van der Waals surface area (Å²) in [6.07, 6.45) is 1.06. The van der Waals surface area contributed by atoms with Gasteiger partial charge in [0.25, 0.3) is 5.91 Å². The molecule has 1 aliphatic heterocycles. The lowest BCUT2D eigenvalue weighted by Crippen LogP contribution is -2.37. The van der Waals surface area contributed by atoms with Crippen LogP contribution in [0.4, 0.5) is 4.39 Å². The van der Waals surface area contributed by atoms with Gasteiger partial charge in [0.1, 0.15) is 5.82 Å². The van der Waals surface area contributed by atoms with Crippen LogP contribution in [0.5, 0.6) is 0 Å². The lowest BCUT2D eigenvalue weighted by atomic mass is 10.00. The number of halogens is 1. The van der Waals surface area contributed by atoms with Crippen molar-refractivity contribution >= 4 is 5.91 Å². The number of hydrogen-bond acceptors (Lipinski definition) is 2. The molecule has 2 aromatic rings. The standard InChI is InChI=1S/C18H19FN2O/c19-17-7-5-15(6-8-17)18(22)20-10-12-21-11-9-14-3-1-2-4-16(14)13-21/h1-8H,9-13H2,(H,20,22). The predicted molar refractivity (Wildman–Crippen MR) is 84.2 cm³/mol. The molecule has 0 saturated heterocycles. The number of fused-ring (bicyclic) bond motifs is 1. The molecule has 22 heavy (non-hydrogen) atoms. The Hall–Kier alpha value is -2.20. The van der Waals surface area contributed by atoms with Gasteiger partial charge in [-0.3, -0.25) is 9.69 Å². The van der Waals surface area contributed by atoms with Crippen molar-refractivity contribution in [1.29, 1.82) is 0 Å². The van der Waals surface area contributed by atoms with Gasteiger partial charge in [-0.2, -0.15) is 0 Å². The van der Waals surface area contributed by atoms with Crippen molar-refractivity contribution in [3.63, 3.8) is 0 Å². The monoisotopic (exact) mass is 298 g/mol. The van der Waals surface area contributed by atoms with E-state index in [9.17, 15) is 9.18 Å². The van der Waals surface area contributed by atoms with Gasteiger partial charge < -0.3 is 5.32 Å². The van der Waals surface area contributed by atoms with Crippen molar-refractivity contribution in [2.45, 2.75) is 13.0 Å². The highest BCUT2D eigenvalue weighted by Crippen LogP contribution is 2.17. The van der Waals surface area contributed by atoms with E-state index in [1.165, 1.54) is 35.4 Å². The maximum atomic E-state index is 12.8. The van der Waals surface area contributed by atoms with Gasteiger partial charge in [0.05, 0.1) is 0 Å². The molecule has 0 saturated carbocycles. The van der Waals surface area contributed by atoms with E-state index in [2.05, 4.69) is 34.5 Å². The molecular formula is C18H19FN2O. The Balaban J connectivity index is 1.48.